The quantitative estimate of drug-likeness (QED) is 0.316. The zero-order chi connectivity index (χ0) is 21.2. The van der Waals surface area contributed by atoms with Crippen LogP contribution in [0.25, 0.3) is 5.76 Å². The Kier molecular flexibility index (Phi) is 6.74. The minimum atomic E-state index is -3.23. The van der Waals surface area contributed by atoms with Crippen LogP contribution in [0.1, 0.15) is 36.2 Å². The van der Waals surface area contributed by atoms with Crippen molar-refractivity contribution in [1.82, 2.24) is 0 Å². The molecule has 6 heteroatoms. The number of carbonyl (C=O) groups is 1. The second-order valence-electron chi connectivity index (χ2n) is 7.90. The summed E-state index contributed by atoms with van der Waals surface area (Å²) in [7, 11) is 8.22. The molecule has 1 aliphatic carbocycles. The molecule has 4 nitrogen and oxygen atoms in total. The number of hydrogen-bond acceptors (Lipinski definition) is 4. The molecule has 2 aromatic rings. The van der Waals surface area contributed by atoms with E-state index in [0.29, 0.717) is 29.2 Å². The fourth-order valence-electron chi connectivity index (χ4n) is 3.27. The monoisotopic (exact) mass is 519 g/mol. The molecule has 29 heavy (non-hydrogen) atoms. The summed E-state index contributed by atoms with van der Waals surface area (Å²) in [5.74, 6) is 1.63. The van der Waals surface area contributed by atoms with Gasteiger partial charge in [0, 0.05) is 0 Å². The first-order chi connectivity index (χ1) is 13.7. The van der Waals surface area contributed by atoms with Gasteiger partial charge in [-0.15, -0.1) is 0 Å². The first-order valence-corrected chi connectivity index (χ1v) is 20.2. The number of methoxy groups -OCH3 is 1. The molecular weight excluding hydrogens is 492 g/mol. The van der Waals surface area contributed by atoms with Crippen LogP contribution in [0.4, 0.5) is 5.69 Å². The van der Waals surface area contributed by atoms with Gasteiger partial charge in [-0.3, -0.25) is 0 Å². The third kappa shape index (κ3) is 5.23. The zero-order valence-corrected chi connectivity index (χ0v) is 21.1. The minimum absolute atomic E-state index is 0.0456. The number of carbonyl (C=O) groups excluding carboxylic acids is 1. The number of benzene rings is 2. The molecule has 0 fully saturated rings. The molecule has 0 saturated carbocycles. The second-order valence-corrected chi connectivity index (χ2v) is 22.4. The first kappa shape index (κ1) is 21.9. The molecule has 2 aromatic carbocycles. The SMILES string of the molecule is COc1ccc(N=C(CC(C)C)C2=C([O][Sn]([CH3])([CH3])[Cl])c3ccccc3C2=O)cc1. The van der Waals surface area contributed by atoms with E-state index in [9.17, 15) is 4.79 Å². The maximum absolute atomic E-state index is 13.3. The normalized spacial score (nSPS) is 14.4. The first-order valence-electron chi connectivity index (χ1n) is 9.68. The fraction of sp³-hybridized carbons (Fsp3) is 0.304. The van der Waals surface area contributed by atoms with Gasteiger partial charge in [0.1, 0.15) is 0 Å². The predicted octanol–water partition coefficient (Wildman–Crippen LogP) is 6.38. The molecule has 0 spiro atoms. The van der Waals surface area contributed by atoms with Crippen LogP contribution in [0.2, 0.25) is 9.88 Å². The van der Waals surface area contributed by atoms with Crippen LogP contribution < -0.4 is 4.74 Å². The van der Waals surface area contributed by atoms with Gasteiger partial charge in [-0.2, -0.15) is 0 Å². The number of aliphatic imine (C=N–C) groups is 1. The van der Waals surface area contributed by atoms with E-state index in [4.69, 9.17) is 21.7 Å². The van der Waals surface area contributed by atoms with Crippen LogP contribution in [-0.2, 0) is 3.07 Å². The van der Waals surface area contributed by atoms with E-state index in [1.54, 1.807) is 7.11 Å². The molecule has 0 heterocycles. The number of halogens is 1. The third-order valence-electron chi connectivity index (χ3n) is 4.44. The molecule has 152 valence electrons. The van der Waals surface area contributed by atoms with Gasteiger partial charge >= 0.3 is 181 Å². The van der Waals surface area contributed by atoms with Crippen molar-refractivity contribution in [2.75, 3.05) is 7.11 Å². The summed E-state index contributed by atoms with van der Waals surface area (Å²) >= 11 is -3.23. The van der Waals surface area contributed by atoms with Gasteiger partial charge < -0.3 is 0 Å². The van der Waals surface area contributed by atoms with E-state index in [1.165, 1.54) is 0 Å². The van der Waals surface area contributed by atoms with Crippen LogP contribution in [0, 0.1) is 5.92 Å². The van der Waals surface area contributed by atoms with Crippen molar-refractivity contribution in [3.63, 3.8) is 0 Å². The molecule has 0 bridgehead atoms. The van der Waals surface area contributed by atoms with Gasteiger partial charge in [0.2, 0.25) is 0 Å². The summed E-state index contributed by atoms with van der Waals surface area (Å²) in [6.07, 6.45) is 0.659. The van der Waals surface area contributed by atoms with E-state index < -0.39 is 17.7 Å². The van der Waals surface area contributed by atoms with Crippen LogP contribution in [0.5, 0.6) is 5.75 Å². The Morgan fingerprint density at radius 2 is 1.69 bits per heavy atom. The molecule has 0 aromatic heterocycles. The molecule has 0 amide bonds. The van der Waals surface area contributed by atoms with Crippen LogP contribution in [0.15, 0.2) is 59.1 Å². The average Bonchev–Trinajstić information content (AvgIpc) is 2.92. The Balaban J connectivity index is 2.16. The molecular formula is C23H26ClNO3Sn. The summed E-state index contributed by atoms with van der Waals surface area (Å²) in [6.45, 7) is 4.23. The van der Waals surface area contributed by atoms with Crippen molar-refractivity contribution in [3.8, 4) is 5.75 Å². The van der Waals surface area contributed by atoms with Crippen molar-refractivity contribution >= 4 is 49.5 Å². The Bertz CT molecular complexity index is 972. The molecule has 0 unspecified atom stereocenters. The molecule has 3 rings (SSSR count). The van der Waals surface area contributed by atoms with E-state index in [-0.39, 0.29) is 5.78 Å². The second kappa shape index (κ2) is 8.92. The Hall–Kier alpha value is -1.79. The summed E-state index contributed by atoms with van der Waals surface area (Å²) < 4.78 is 11.5. The number of ketones is 1. The fourth-order valence-corrected chi connectivity index (χ4v) is 5.77. The van der Waals surface area contributed by atoms with Crippen LogP contribution >= 0.6 is 8.92 Å². The number of hydrogen-bond donors (Lipinski definition) is 0. The van der Waals surface area contributed by atoms with E-state index in [0.717, 1.165) is 22.7 Å². The van der Waals surface area contributed by atoms with Crippen LogP contribution in [0.3, 0.4) is 0 Å². The number of fused-ring (bicyclic) bond motifs is 1. The number of ether oxygens (including phenoxy) is 1. The standard InChI is InChI=1S/C21H21NO3.2CH3.ClH.Sn/c1-13(2)12-18(22-14-8-10-15(25-3)11-9-14)19-20(23)16-6-4-5-7-17(16)21(19)24;;;;/h4-11,13,23H,12H2,1-3H3;2*1H3;1H;/q;;;;+2/p-2. The average molecular weight is 519 g/mol. The molecule has 0 aliphatic heterocycles. The number of Topliss-reactive ketones (excluding diaryl/α,β-unsaturated/α-hetero) is 1. The number of nitrogens with zero attached hydrogens (tertiary/aromatic N) is 1. The summed E-state index contributed by atoms with van der Waals surface area (Å²) in [6, 6.07) is 15.0. The molecule has 0 radical (unpaired) electrons. The van der Waals surface area contributed by atoms with Crippen molar-refractivity contribution in [2.24, 2.45) is 10.9 Å². The van der Waals surface area contributed by atoms with E-state index in [1.807, 2.05) is 58.4 Å². The summed E-state index contributed by atoms with van der Waals surface area (Å²) in [5.41, 5.74) is 3.50. The van der Waals surface area contributed by atoms with Gasteiger partial charge in [0.15, 0.2) is 0 Å². The van der Waals surface area contributed by atoms with Gasteiger partial charge in [-0.05, 0) is 0 Å². The van der Waals surface area contributed by atoms with E-state index >= 15 is 0 Å². The van der Waals surface area contributed by atoms with Crippen molar-refractivity contribution in [3.05, 3.63) is 65.2 Å². The summed E-state index contributed by atoms with van der Waals surface area (Å²) in [5, 5.41) is 0. The van der Waals surface area contributed by atoms with Crippen molar-refractivity contribution in [2.45, 2.75) is 30.1 Å². The summed E-state index contributed by atoms with van der Waals surface area (Å²) in [4.78, 5) is 22.1. The van der Waals surface area contributed by atoms with Crippen molar-refractivity contribution in [1.29, 1.82) is 0 Å². The predicted molar refractivity (Wildman–Crippen MR) is 122 cm³/mol. The Morgan fingerprint density at radius 3 is 2.24 bits per heavy atom. The van der Waals surface area contributed by atoms with Gasteiger partial charge in [-0.25, -0.2) is 0 Å². The van der Waals surface area contributed by atoms with Crippen molar-refractivity contribution < 1.29 is 12.6 Å². The number of allylic oxidation sites excluding steroid dienone is 1. The molecule has 0 N–H and O–H groups in total. The maximum atomic E-state index is 13.3. The Labute approximate surface area is 180 Å². The molecule has 0 atom stereocenters. The zero-order valence-electron chi connectivity index (χ0n) is 17.5. The van der Waals surface area contributed by atoms with Gasteiger partial charge in [-0.1, -0.05) is 0 Å². The molecule has 1 aliphatic rings. The Morgan fingerprint density at radius 1 is 1.07 bits per heavy atom. The van der Waals surface area contributed by atoms with Gasteiger partial charge in [0.25, 0.3) is 0 Å². The topological polar surface area (TPSA) is 47.9 Å². The third-order valence-corrected chi connectivity index (χ3v) is 6.93. The number of rotatable bonds is 7. The van der Waals surface area contributed by atoms with E-state index in [2.05, 4.69) is 13.8 Å². The van der Waals surface area contributed by atoms with Crippen LogP contribution in [-0.4, -0.2) is 36.3 Å². The van der Waals surface area contributed by atoms with Gasteiger partial charge in [0.05, 0.1) is 0 Å². The molecule has 0 saturated heterocycles.